The van der Waals surface area contributed by atoms with Crippen LogP contribution in [0.25, 0.3) is 17.4 Å². The van der Waals surface area contributed by atoms with Crippen LogP contribution < -0.4 is 10.5 Å². The van der Waals surface area contributed by atoms with Crippen molar-refractivity contribution in [3.05, 3.63) is 47.7 Å². The number of imide groups is 2. The van der Waals surface area contributed by atoms with Crippen molar-refractivity contribution in [3.8, 4) is 11.3 Å². The van der Waals surface area contributed by atoms with Crippen LogP contribution in [0.2, 0.25) is 0 Å². The van der Waals surface area contributed by atoms with Crippen molar-refractivity contribution in [3.63, 3.8) is 0 Å². The molecule has 1 aromatic carbocycles. The molecule has 26 heavy (non-hydrogen) atoms. The summed E-state index contributed by atoms with van der Waals surface area (Å²) < 4.78 is 28.1. The highest BCUT2D eigenvalue weighted by Gasteiger charge is 2.33. The zero-order chi connectivity index (χ0) is 19.1. The number of likely N-dealkylation sites (N-methyl/N-ethyl adjacent to an activating group) is 1. The van der Waals surface area contributed by atoms with Crippen LogP contribution in [0.15, 0.2) is 51.3 Å². The number of nitrogens with two attached hydrogens (primary N) is 1. The number of barbiturate groups is 1. The standard InChI is InChI=1S/C16H13N3O6S/c1-19-15(21)12(14(20)18-16(19)22)8-10-4-7-13(25-10)9-2-5-11(6-3-9)26(17,23)24/h2-8H,1H3,(H2,17,23,24)(H,18,20,22). The summed E-state index contributed by atoms with van der Waals surface area (Å²) >= 11 is 0. The van der Waals surface area contributed by atoms with Crippen molar-refractivity contribution in [2.24, 2.45) is 5.14 Å². The first kappa shape index (κ1) is 17.6. The highest BCUT2D eigenvalue weighted by molar-refractivity contribution is 7.89. The molecule has 1 aromatic heterocycles. The summed E-state index contributed by atoms with van der Waals surface area (Å²) in [5, 5.41) is 7.08. The molecule has 3 rings (SSSR count). The van der Waals surface area contributed by atoms with Crippen molar-refractivity contribution < 1.29 is 27.2 Å². The minimum absolute atomic E-state index is 0.0349. The van der Waals surface area contributed by atoms with Crippen LogP contribution in [0.1, 0.15) is 5.76 Å². The average molecular weight is 375 g/mol. The summed E-state index contributed by atoms with van der Waals surface area (Å²) in [6.07, 6.45) is 1.23. The fourth-order valence-corrected chi connectivity index (χ4v) is 2.80. The normalized spacial score (nSPS) is 16.9. The van der Waals surface area contributed by atoms with Gasteiger partial charge in [-0.1, -0.05) is 0 Å². The van der Waals surface area contributed by atoms with Crippen LogP contribution in [0.5, 0.6) is 0 Å². The minimum Gasteiger partial charge on any atom is -0.457 e. The lowest BCUT2D eigenvalue weighted by atomic mass is 10.1. The Morgan fingerprint density at radius 3 is 2.35 bits per heavy atom. The molecule has 10 heteroatoms. The summed E-state index contributed by atoms with van der Waals surface area (Å²) in [7, 11) is -2.54. The van der Waals surface area contributed by atoms with Crippen molar-refractivity contribution in [1.82, 2.24) is 10.2 Å². The first-order chi connectivity index (χ1) is 12.2. The summed E-state index contributed by atoms with van der Waals surface area (Å²) in [5.74, 6) is -0.939. The zero-order valence-corrected chi connectivity index (χ0v) is 14.2. The molecule has 4 amide bonds. The monoisotopic (exact) mass is 375 g/mol. The summed E-state index contributed by atoms with van der Waals surface area (Å²) in [6.45, 7) is 0. The Kier molecular flexibility index (Phi) is 4.22. The van der Waals surface area contributed by atoms with Gasteiger partial charge in [-0.05, 0) is 42.5 Å². The van der Waals surface area contributed by atoms with Gasteiger partial charge in [0, 0.05) is 12.6 Å². The molecule has 0 spiro atoms. The first-order valence-corrected chi connectivity index (χ1v) is 8.79. The molecule has 0 saturated carbocycles. The van der Waals surface area contributed by atoms with Gasteiger partial charge in [0.05, 0.1) is 4.90 Å². The second-order valence-electron chi connectivity index (χ2n) is 5.45. The highest BCUT2D eigenvalue weighted by atomic mass is 32.2. The molecule has 3 N–H and O–H groups in total. The van der Waals surface area contributed by atoms with Gasteiger partial charge in [0.1, 0.15) is 17.1 Å². The number of benzene rings is 1. The molecule has 0 atom stereocenters. The van der Waals surface area contributed by atoms with Gasteiger partial charge in [-0.3, -0.25) is 19.8 Å². The lowest BCUT2D eigenvalue weighted by molar-refractivity contribution is -0.129. The van der Waals surface area contributed by atoms with Gasteiger partial charge in [-0.25, -0.2) is 18.4 Å². The predicted molar refractivity (Wildman–Crippen MR) is 89.8 cm³/mol. The topological polar surface area (TPSA) is 140 Å². The van der Waals surface area contributed by atoms with E-state index in [4.69, 9.17) is 9.56 Å². The van der Waals surface area contributed by atoms with E-state index in [9.17, 15) is 22.8 Å². The Balaban J connectivity index is 1.89. The third-order valence-electron chi connectivity index (χ3n) is 3.69. The average Bonchev–Trinajstić information content (AvgIpc) is 3.05. The number of carbonyl (C=O) groups is 3. The Bertz CT molecular complexity index is 1050. The smallest absolute Gasteiger partial charge is 0.331 e. The molecule has 2 aromatic rings. The zero-order valence-electron chi connectivity index (χ0n) is 13.4. The van der Waals surface area contributed by atoms with Gasteiger partial charge in [0.2, 0.25) is 10.0 Å². The minimum atomic E-state index is -3.79. The highest BCUT2D eigenvalue weighted by Crippen LogP contribution is 2.25. The molecule has 134 valence electrons. The number of carbonyl (C=O) groups excluding carboxylic acids is 3. The largest absolute Gasteiger partial charge is 0.457 e. The Labute approximate surface area is 148 Å². The van der Waals surface area contributed by atoms with E-state index in [1.807, 2.05) is 5.32 Å². The van der Waals surface area contributed by atoms with Crippen molar-refractivity contribution in [2.45, 2.75) is 4.90 Å². The van der Waals surface area contributed by atoms with Crippen LogP contribution in [0, 0.1) is 0 Å². The second-order valence-corrected chi connectivity index (χ2v) is 7.01. The molecule has 0 radical (unpaired) electrons. The van der Waals surface area contributed by atoms with Gasteiger partial charge in [0.15, 0.2) is 0 Å². The van der Waals surface area contributed by atoms with E-state index in [0.717, 1.165) is 4.90 Å². The SMILES string of the molecule is CN1C(=O)NC(=O)C(=Cc2ccc(-c3ccc(S(N)(=O)=O)cc3)o2)C1=O. The Hall–Kier alpha value is -3.24. The Morgan fingerprint density at radius 2 is 1.73 bits per heavy atom. The molecule has 1 aliphatic heterocycles. The van der Waals surface area contributed by atoms with E-state index in [0.29, 0.717) is 11.3 Å². The number of rotatable bonds is 3. The number of hydrogen-bond acceptors (Lipinski definition) is 6. The van der Waals surface area contributed by atoms with E-state index in [1.165, 1.54) is 43.5 Å². The fraction of sp³-hybridized carbons (Fsp3) is 0.0625. The second kappa shape index (κ2) is 6.24. The number of hydrogen-bond donors (Lipinski definition) is 2. The van der Waals surface area contributed by atoms with Crippen LogP contribution in [-0.4, -0.2) is 38.2 Å². The van der Waals surface area contributed by atoms with Crippen LogP contribution in [0.3, 0.4) is 0 Å². The molecule has 0 unspecified atom stereocenters. The number of nitrogens with one attached hydrogen (secondary N) is 1. The van der Waals surface area contributed by atoms with Crippen molar-refractivity contribution >= 4 is 33.9 Å². The Morgan fingerprint density at radius 1 is 1.08 bits per heavy atom. The summed E-state index contributed by atoms with van der Waals surface area (Å²) in [4.78, 5) is 36.0. The van der Waals surface area contributed by atoms with E-state index in [2.05, 4.69) is 0 Å². The van der Waals surface area contributed by atoms with E-state index in [1.54, 1.807) is 6.07 Å². The lowest BCUT2D eigenvalue weighted by Crippen LogP contribution is -2.52. The van der Waals surface area contributed by atoms with Gasteiger partial charge >= 0.3 is 6.03 Å². The molecular formula is C16H13N3O6S. The van der Waals surface area contributed by atoms with Crippen molar-refractivity contribution in [2.75, 3.05) is 7.05 Å². The number of primary sulfonamides is 1. The number of amides is 4. The number of urea groups is 1. The predicted octanol–water partition coefficient (Wildman–Crippen LogP) is 0.686. The maximum Gasteiger partial charge on any atom is 0.331 e. The van der Waals surface area contributed by atoms with Crippen LogP contribution >= 0.6 is 0 Å². The number of sulfonamides is 1. The molecule has 1 aliphatic rings. The third-order valence-corrected chi connectivity index (χ3v) is 4.61. The van der Waals surface area contributed by atoms with Gasteiger partial charge in [-0.15, -0.1) is 0 Å². The maximum atomic E-state index is 12.0. The molecule has 0 bridgehead atoms. The molecule has 1 fully saturated rings. The molecule has 2 heterocycles. The summed E-state index contributed by atoms with van der Waals surface area (Å²) in [5.41, 5.74) is 0.339. The lowest BCUT2D eigenvalue weighted by Gasteiger charge is -2.21. The number of nitrogens with zero attached hydrogens (tertiary/aromatic N) is 1. The fourth-order valence-electron chi connectivity index (χ4n) is 2.28. The number of furan rings is 1. The molecule has 0 aliphatic carbocycles. The van der Waals surface area contributed by atoms with Crippen molar-refractivity contribution in [1.29, 1.82) is 0 Å². The van der Waals surface area contributed by atoms with Gasteiger partial charge < -0.3 is 4.42 Å². The molecule has 1 saturated heterocycles. The summed E-state index contributed by atoms with van der Waals surface area (Å²) in [6, 6.07) is 8.03. The van der Waals surface area contributed by atoms with E-state index < -0.39 is 27.9 Å². The van der Waals surface area contributed by atoms with Crippen LogP contribution in [0.4, 0.5) is 4.79 Å². The van der Waals surface area contributed by atoms with Gasteiger partial charge in [-0.2, -0.15) is 0 Å². The quantitative estimate of drug-likeness (QED) is 0.597. The third kappa shape index (κ3) is 3.27. The molecule has 9 nitrogen and oxygen atoms in total. The van der Waals surface area contributed by atoms with E-state index in [-0.39, 0.29) is 16.2 Å². The van der Waals surface area contributed by atoms with Crippen LogP contribution in [-0.2, 0) is 19.6 Å². The van der Waals surface area contributed by atoms with E-state index >= 15 is 0 Å². The first-order valence-electron chi connectivity index (χ1n) is 7.25. The van der Waals surface area contributed by atoms with Gasteiger partial charge in [0.25, 0.3) is 11.8 Å². The molecular weight excluding hydrogens is 362 g/mol. The maximum absolute atomic E-state index is 12.0.